The highest BCUT2D eigenvalue weighted by atomic mass is 32.2. The number of fused-ring (bicyclic) bond motifs is 1. The van der Waals surface area contributed by atoms with Crippen molar-refractivity contribution in [3.63, 3.8) is 0 Å². The van der Waals surface area contributed by atoms with E-state index in [0.717, 1.165) is 24.2 Å². The van der Waals surface area contributed by atoms with Gasteiger partial charge in [-0.05, 0) is 38.2 Å². The Bertz CT molecular complexity index is 717. The predicted molar refractivity (Wildman–Crippen MR) is 108 cm³/mol. The summed E-state index contributed by atoms with van der Waals surface area (Å²) in [5.74, 6) is 0.660. The summed E-state index contributed by atoms with van der Waals surface area (Å²) in [4.78, 5) is 4.16. The second kappa shape index (κ2) is 8.31. The number of rotatable bonds is 7. The maximum absolute atomic E-state index is 12.7. The average molecular weight is 385 g/mol. The first-order valence-corrected chi connectivity index (χ1v) is 11.2. The lowest BCUT2D eigenvalue weighted by atomic mass is 10.2. The Balaban J connectivity index is 1.88. The fourth-order valence-corrected chi connectivity index (χ4v) is 4.24. The van der Waals surface area contributed by atoms with Crippen LogP contribution < -0.4 is 14.9 Å². The van der Waals surface area contributed by atoms with Crippen molar-refractivity contribution < 1.29 is 8.42 Å². The van der Waals surface area contributed by atoms with Crippen molar-refractivity contribution in [3.05, 3.63) is 29.8 Å². The van der Waals surface area contributed by atoms with E-state index in [2.05, 4.69) is 35.7 Å². The van der Waals surface area contributed by atoms with Crippen molar-refractivity contribution in [1.82, 2.24) is 10.6 Å². The molecule has 6 nitrogen and oxygen atoms in total. The molecule has 0 bridgehead atoms. The lowest BCUT2D eigenvalue weighted by Crippen LogP contribution is -2.45. The van der Waals surface area contributed by atoms with Crippen LogP contribution in [0.25, 0.3) is 0 Å². The topological polar surface area (TPSA) is 73.8 Å². The van der Waals surface area contributed by atoms with Gasteiger partial charge in [0.05, 0.1) is 11.4 Å². The van der Waals surface area contributed by atoms with Gasteiger partial charge in [0.1, 0.15) is 0 Å². The van der Waals surface area contributed by atoms with Gasteiger partial charge in [-0.25, -0.2) is 8.42 Å². The molecule has 0 unspecified atom stereocenters. The summed E-state index contributed by atoms with van der Waals surface area (Å²) in [6.07, 6.45) is 2.84. The van der Waals surface area contributed by atoms with Crippen molar-refractivity contribution in [2.75, 3.05) is 43.0 Å². The van der Waals surface area contributed by atoms with E-state index in [-0.39, 0.29) is 10.5 Å². The third-order valence-electron chi connectivity index (χ3n) is 4.29. The number of nitrogens with zero attached hydrogens (tertiary/aromatic N) is 2. The third-order valence-corrected chi connectivity index (χ3v) is 7.31. The average Bonchev–Trinajstić information content (AvgIpc) is 3.03. The standard InChI is InChI=1S/C17H28N4O2S2/c1-17(2,24-4)13-20-16(18-3)19-10-12-25(22,23)21-11-9-14-7-5-6-8-15(14)21/h5-8H,9-13H2,1-4H3,(H2,18,19,20). The first kappa shape index (κ1) is 19.9. The van der Waals surface area contributed by atoms with Crippen LogP contribution in [0.3, 0.4) is 0 Å². The number of benzene rings is 1. The molecular formula is C17H28N4O2S2. The second-order valence-electron chi connectivity index (χ2n) is 6.58. The van der Waals surface area contributed by atoms with Gasteiger partial charge in [0.25, 0.3) is 0 Å². The number of thioether (sulfide) groups is 1. The Labute approximate surface area is 155 Å². The smallest absolute Gasteiger partial charge is 0.236 e. The molecule has 0 radical (unpaired) electrons. The molecule has 0 saturated carbocycles. The molecule has 140 valence electrons. The highest BCUT2D eigenvalue weighted by Crippen LogP contribution is 2.29. The summed E-state index contributed by atoms with van der Waals surface area (Å²) in [5, 5.41) is 6.34. The number of guanidine groups is 1. The summed E-state index contributed by atoms with van der Waals surface area (Å²) in [6, 6.07) is 7.69. The highest BCUT2D eigenvalue weighted by Gasteiger charge is 2.28. The molecule has 1 aromatic rings. The van der Waals surface area contributed by atoms with Gasteiger partial charge < -0.3 is 10.6 Å². The van der Waals surface area contributed by atoms with Crippen LogP contribution in [0.2, 0.25) is 0 Å². The fourth-order valence-electron chi connectivity index (χ4n) is 2.59. The van der Waals surface area contributed by atoms with E-state index < -0.39 is 10.0 Å². The van der Waals surface area contributed by atoms with Gasteiger partial charge in [-0.1, -0.05) is 18.2 Å². The zero-order valence-corrected chi connectivity index (χ0v) is 17.0. The summed E-state index contributed by atoms with van der Waals surface area (Å²) in [7, 11) is -1.65. The largest absolute Gasteiger partial charge is 0.355 e. The van der Waals surface area contributed by atoms with E-state index >= 15 is 0 Å². The molecule has 25 heavy (non-hydrogen) atoms. The molecule has 0 spiro atoms. The van der Waals surface area contributed by atoms with Crippen LogP contribution >= 0.6 is 11.8 Å². The molecule has 2 N–H and O–H groups in total. The maximum atomic E-state index is 12.7. The fraction of sp³-hybridized carbons (Fsp3) is 0.588. The lowest BCUT2D eigenvalue weighted by molar-refractivity contribution is 0.590. The van der Waals surface area contributed by atoms with E-state index in [1.165, 1.54) is 4.31 Å². The molecule has 1 aromatic carbocycles. The minimum Gasteiger partial charge on any atom is -0.355 e. The van der Waals surface area contributed by atoms with Crippen LogP contribution in [0.5, 0.6) is 0 Å². The number of aliphatic imine (C=N–C) groups is 1. The van der Waals surface area contributed by atoms with Crippen molar-refractivity contribution in [2.45, 2.75) is 25.0 Å². The monoisotopic (exact) mass is 384 g/mol. The first-order chi connectivity index (χ1) is 11.8. The van der Waals surface area contributed by atoms with Crippen molar-refractivity contribution in [2.24, 2.45) is 4.99 Å². The Hall–Kier alpha value is -1.41. The first-order valence-electron chi connectivity index (χ1n) is 8.37. The third kappa shape index (κ3) is 5.28. The van der Waals surface area contributed by atoms with Crippen molar-refractivity contribution in [1.29, 1.82) is 0 Å². The zero-order valence-electron chi connectivity index (χ0n) is 15.4. The van der Waals surface area contributed by atoms with Crippen LogP contribution in [0, 0.1) is 0 Å². The van der Waals surface area contributed by atoms with Gasteiger partial charge in [0, 0.05) is 31.4 Å². The summed E-state index contributed by atoms with van der Waals surface area (Å²) >= 11 is 1.77. The number of para-hydroxylation sites is 1. The Morgan fingerprint density at radius 3 is 2.72 bits per heavy atom. The van der Waals surface area contributed by atoms with Crippen LogP contribution in [-0.4, -0.2) is 57.8 Å². The molecule has 0 fully saturated rings. The molecule has 0 aromatic heterocycles. The van der Waals surface area contributed by atoms with Gasteiger partial charge in [-0.15, -0.1) is 0 Å². The number of anilines is 1. The van der Waals surface area contributed by atoms with Crippen LogP contribution in [0.4, 0.5) is 5.69 Å². The van der Waals surface area contributed by atoms with E-state index in [1.54, 1.807) is 18.8 Å². The van der Waals surface area contributed by atoms with Crippen LogP contribution in [0.15, 0.2) is 29.3 Å². The van der Waals surface area contributed by atoms with Crippen LogP contribution in [-0.2, 0) is 16.4 Å². The number of hydrogen-bond acceptors (Lipinski definition) is 4. The highest BCUT2D eigenvalue weighted by molar-refractivity contribution is 7.99. The Kier molecular flexibility index (Phi) is 6.62. The number of hydrogen-bond donors (Lipinski definition) is 2. The van der Waals surface area contributed by atoms with E-state index in [1.807, 2.05) is 24.3 Å². The Morgan fingerprint density at radius 2 is 2.04 bits per heavy atom. The summed E-state index contributed by atoms with van der Waals surface area (Å²) < 4.78 is 26.9. The molecule has 0 saturated heterocycles. The van der Waals surface area contributed by atoms with Gasteiger partial charge in [0.15, 0.2) is 5.96 Å². The van der Waals surface area contributed by atoms with Gasteiger partial charge in [0.2, 0.25) is 10.0 Å². The number of sulfonamides is 1. The molecule has 2 rings (SSSR count). The molecule has 0 aliphatic carbocycles. The van der Waals surface area contributed by atoms with Crippen molar-refractivity contribution >= 4 is 33.4 Å². The molecule has 8 heteroatoms. The minimum atomic E-state index is -3.34. The maximum Gasteiger partial charge on any atom is 0.236 e. The van der Waals surface area contributed by atoms with Gasteiger partial charge in [-0.3, -0.25) is 9.30 Å². The summed E-state index contributed by atoms with van der Waals surface area (Å²) in [5.41, 5.74) is 1.91. The molecule has 1 aliphatic rings. The van der Waals surface area contributed by atoms with E-state index in [9.17, 15) is 8.42 Å². The normalized spacial score (nSPS) is 15.2. The predicted octanol–water partition coefficient (Wildman–Crippen LogP) is 1.69. The molecule has 0 atom stereocenters. The van der Waals surface area contributed by atoms with Gasteiger partial charge in [-0.2, -0.15) is 11.8 Å². The Morgan fingerprint density at radius 1 is 1.32 bits per heavy atom. The molecule has 1 aliphatic heterocycles. The lowest BCUT2D eigenvalue weighted by Gasteiger charge is -2.24. The van der Waals surface area contributed by atoms with Gasteiger partial charge >= 0.3 is 0 Å². The van der Waals surface area contributed by atoms with Crippen molar-refractivity contribution in [3.8, 4) is 0 Å². The second-order valence-corrected chi connectivity index (χ2v) is 10.1. The zero-order chi connectivity index (χ0) is 18.5. The van der Waals surface area contributed by atoms with Crippen LogP contribution in [0.1, 0.15) is 19.4 Å². The summed E-state index contributed by atoms with van der Waals surface area (Å²) in [6.45, 7) is 5.89. The molecule has 1 heterocycles. The quantitative estimate of drug-likeness (QED) is 0.553. The number of nitrogens with one attached hydrogen (secondary N) is 2. The molecular weight excluding hydrogens is 356 g/mol. The van der Waals surface area contributed by atoms with E-state index in [0.29, 0.717) is 19.0 Å². The SMILES string of the molecule is CN=C(NCCS(=O)(=O)N1CCc2ccccc21)NCC(C)(C)SC. The molecule has 0 amide bonds. The minimum absolute atomic E-state index is 0.0357. The van der Waals surface area contributed by atoms with E-state index in [4.69, 9.17) is 0 Å².